The van der Waals surface area contributed by atoms with Crippen molar-refractivity contribution in [3.63, 3.8) is 0 Å². The van der Waals surface area contributed by atoms with E-state index in [1.807, 2.05) is 31.2 Å². The van der Waals surface area contributed by atoms with Crippen molar-refractivity contribution in [1.29, 1.82) is 0 Å². The number of carbonyl (C=O) groups is 1. The van der Waals surface area contributed by atoms with Crippen LogP contribution in [0.1, 0.15) is 56.6 Å². The third-order valence-corrected chi connectivity index (χ3v) is 6.04. The summed E-state index contributed by atoms with van der Waals surface area (Å²) < 4.78 is 6.21. The molecule has 1 fully saturated rings. The van der Waals surface area contributed by atoms with Gasteiger partial charge in [-0.05, 0) is 31.2 Å². The molecule has 29 heavy (non-hydrogen) atoms. The maximum Gasteiger partial charge on any atom is 0.303 e. The van der Waals surface area contributed by atoms with E-state index in [-0.39, 0.29) is 30.3 Å². The molecule has 1 aliphatic carbocycles. The Balaban J connectivity index is 1.75. The summed E-state index contributed by atoms with van der Waals surface area (Å²) in [5.41, 5.74) is 2.11. The highest BCUT2D eigenvalue weighted by Gasteiger charge is 2.48. The lowest BCUT2D eigenvalue weighted by atomic mass is 9.86. The second kappa shape index (κ2) is 9.47. The Bertz CT molecular complexity index is 818. The number of fused-ring (bicyclic) bond motifs is 3. The summed E-state index contributed by atoms with van der Waals surface area (Å²) in [6, 6.07) is 6.01. The molecule has 3 rings (SSSR count). The average Bonchev–Trinajstić information content (AvgIpc) is 3.19. The molecule has 0 amide bonds. The third kappa shape index (κ3) is 4.83. The molecule has 5 unspecified atom stereocenters. The van der Waals surface area contributed by atoms with Crippen LogP contribution in [0.15, 0.2) is 30.4 Å². The number of para-hydroxylation sites is 1. The smallest absolute Gasteiger partial charge is 0.303 e. The van der Waals surface area contributed by atoms with Crippen LogP contribution in [-0.4, -0.2) is 39.6 Å². The van der Waals surface area contributed by atoms with E-state index in [1.165, 1.54) is 0 Å². The average molecular weight is 398 g/mol. The van der Waals surface area contributed by atoms with E-state index in [2.05, 4.69) is 11.8 Å². The van der Waals surface area contributed by atoms with E-state index in [9.17, 15) is 15.0 Å². The van der Waals surface area contributed by atoms with Crippen LogP contribution in [0.4, 0.5) is 0 Å². The molecule has 1 heterocycles. The minimum absolute atomic E-state index is 0.0287. The summed E-state index contributed by atoms with van der Waals surface area (Å²) in [6.45, 7) is 3.75. The third-order valence-electron chi connectivity index (χ3n) is 6.04. The van der Waals surface area contributed by atoms with Gasteiger partial charge in [-0.15, -0.1) is 11.8 Å². The molecule has 0 saturated heterocycles. The predicted octanol–water partition coefficient (Wildman–Crippen LogP) is 3.29. The van der Waals surface area contributed by atoms with Crippen molar-refractivity contribution in [2.24, 2.45) is 11.8 Å². The summed E-state index contributed by atoms with van der Waals surface area (Å²) in [7, 11) is 0. The molecule has 0 bridgehead atoms. The van der Waals surface area contributed by atoms with Crippen molar-refractivity contribution < 1.29 is 24.9 Å². The van der Waals surface area contributed by atoms with Gasteiger partial charge < -0.3 is 20.1 Å². The number of carboxylic acids is 1. The second-order valence-electron chi connectivity index (χ2n) is 8.13. The second-order valence-corrected chi connectivity index (χ2v) is 8.13. The molecule has 3 N–H and O–H groups in total. The van der Waals surface area contributed by atoms with Crippen LogP contribution in [0.3, 0.4) is 0 Å². The van der Waals surface area contributed by atoms with Gasteiger partial charge in [0.05, 0.1) is 12.2 Å². The van der Waals surface area contributed by atoms with Crippen molar-refractivity contribution in [3.8, 4) is 17.6 Å². The Kier molecular flexibility index (Phi) is 7.00. The van der Waals surface area contributed by atoms with Crippen molar-refractivity contribution >= 4 is 5.97 Å². The van der Waals surface area contributed by atoms with Crippen molar-refractivity contribution in [3.05, 3.63) is 41.5 Å². The molecular formula is C24H30O5. The molecular weight excluding hydrogens is 368 g/mol. The van der Waals surface area contributed by atoms with Gasteiger partial charge in [0.2, 0.25) is 0 Å². The van der Waals surface area contributed by atoms with Gasteiger partial charge in [-0.1, -0.05) is 37.3 Å². The highest BCUT2D eigenvalue weighted by molar-refractivity contribution is 5.66. The molecule has 5 heteroatoms. The zero-order valence-corrected chi connectivity index (χ0v) is 17.0. The maximum absolute atomic E-state index is 10.8. The summed E-state index contributed by atoms with van der Waals surface area (Å²) in [5, 5.41) is 29.9. The van der Waals surface area contributed by atoms with E-state index in [0.29, 0.717) is 25.7 Å². The van der Waals surface area contributed by atoms with Gasteiger partial charge in [-0.3, -0.25) is 4.79 Å². The quantitative estimate of drug-likeness (QED) is 0.462. The van der Waals surface area contributed by atoms with Crippen LogP contribution in [0.25, 0.3) is 0 Å². The predicted molar refractivity (Wildman–Crippen MR) is 111 cm³/mol. The number of hydrogen-bond acceptors (Lipinski definition) is 4. The van der Waals surface area contributed by atoms with Crippen LogP contribution >= 0.6 is 0 Å². The van der Waals surface area contributed by atoms with E-state index < -0.39 is 18.2 Å². The number of aliphatic hydroxyl groups is 2. The van der Waals surface area contributed by atoms with Gasteiger partial charge in [0.1, 0.15) is 11.9 Å². The first-order valence-electron chi connectivity index (χ1n) is 10.4. The molecule has 1 saturated carbocycles. The lowest BCUT2D eigenvalue weighted by Crippen LogP contribution is -2.19. The first kappa shape index (κ1) is 21.4. The van der Waals surface area contributed by atoms with Gasteiger partial charge in [0, 0.05) is 36.7 Å². The summed E-state index contributed by atoms with van der Waals surface area (Å²) >= 11 is 0. The zero-order chi connectivity index (χ0) is 21.0. The molecule has 156 valence electrons. The number of aliphatic hydroxyl groups excluding tert-OH is 2. The Morgan fingerprint density at radius 3 is 2.93 bits per heavy atom. The first-order chi connectivity index (χ1) is 13.9. The highest BCUT2D eigenvalue weighted by Crippen LogP contribution is 2.52. The van der Waals surface area contributed by atoms with E-state index in [0.717, 1.165) is 16.9 Å². The van der Waals surface area contributed by atoms with Gasteiger partial charge in [-0.2, -0.15) is 0 Å². The SMILES string of the molecule is CC#CCC(C)C(O)/C=C/C1C(O)C[C@H]2Oc3c(CCCC(=O)O)cccc3C12. The van der Waals surface area contributed by atoms with Gasteiger partial charge in [0.15, 0.2) is 0 Å². The Labute approximate surface area is 172 Å². The fraction of sp³-hybridized carbons (Fsp3) is 0.542. The van der Waals surface area contributed by atoms with Gasteiger partial charge >= 0.3 is 5.97 Å². The lowest BCUT2D eigenvalue weighted by Gasteiger charge is -2.19. The minimum atomic E-state index is -0.790. The summed E-state index contributed by atoms with van der Waals surface area (Å²) in [5.74, 6) is 5.87. The first-order valence-corrected chi connectivity index (χ1v) is 10.4. The summed E-state index contributed by atoms with van der Waals surface area (Å²) in [4.78, 5) is 10.8. The number of ether oxygens (including phenoxy) is 1. The lowest BCUT2D eigenvalue weighted by molar-refractivity contribution is -0.137. The Morgan fingerprint density at radius 1 is 1.41 bits per heavy atom. The largest absolute Gasteiger partial charge is 0.489 e. The number of aliphatic carboxylic acids is 1. The number of rotatable bonds is 8. The number of aryl methyl sites for hydroxylation is 1. The Morgan fingerprint density at radius 2 is 2.21 bits per heavy atom. The van der Waals surface area contributed by atoms with Crippen LogP contribution in [-0.2, 0) is 11.2 Å². The minimum Gasteiger partial charge on any atom is -0.489 e. The maximum atomic E-state index is 10.8. The van der Waals surface area contributed by atoms with E-state index in [1.54, 1.807) is 13.0 Å². The fourth-order valence-electron chi connectivity index (χ4n) is 4.41. The number of carboxylic acid groups (broad SMARTS) is 1. The molecule has 0 aromatic heterocycles. The van der Waals surface area contributed by atoms with Crippen molar-refractivity contribution in [1.82, 2.24) is 0 Å². The molecule has 1 aromatic carbocycles. The van der Waals surface area contributed by atoms with Gasteiger partial charge in [-0.25, -0.2) is 0 Å². The standard InChI is InChI=1S/C24H30O5/c1-3-4-7-15(2)19(25)13-12-17-20(26)14-21-23(17)18-10-5-8-16(24(18)29-21)9-6-11-22(27)28/h5,8,10,12-13,15,17,19-21,23,25-26H,6-7,9,11,14H2,1-2H3,(H,27,28)/b13-12+/t15?,17?,19?,20?,21-,23?/m1/s1. The normalized spacial score (nSPS) is 26.9. The van der Waals surface area contributed by atoms with Crippen LogP contribution in [0, 0.1) is 23.7 Å². The van der Waals surface area contributed by atoms with Gasteiger partial charge in [0.25, 0.3) is 0 Å². The molecule has 0 spiro atoms. The molecule has 1 aliphatic heterocycles. The fourth-order valence-corrected chi connectivity index (χ4v) is 4.41. The molecule has 1 aromatic rings. The van der Waals surface area contributed by atoms with Crippen molar-refractivity contribution in [2.45, 2.75) is 70.2 Å². The highest BCUT2D eigenvalue weighted by atomic mass is 16.5. The Hall–Kier alpha value is -2.29. The monoisotopic (exact) mass is 398 g/mol. The van der Waals surface area contributed by atoms with Crippen LogP contribution < -0.4 is 4.74 Å². The van der Waals surface area contributed by atoms with E-state index in [4.69, 9.17) is 9.84 Å². The molecule has 2 aliphatic rings. The molecule has 0 radical (unpaired) electrons. The number of benzene rings is 1. The van der Waals surface area contributed by atoms with E-state index >= 15 is 0 Å². The van der Waals surface area contributed by atoms with Crippen molar-refractivity contribution in [2.75, 3.05) is 0 Å². The van der Waals surface area contributed by atoms with Crippen LogP contribution in [0.5, 0.6) is 5.75 Å². The van der Waals surface area contributed by atoms with Crippen LogP contribution in [0.2, 0.25) is 0 Å². The number of hydrogen-bond donors (Lipinski definition) is 3. The topological polar surface area (TPSA) is 87.0 Å². The molecule has 5 nitrogen and oxygen atoms in total. The zero-order valence-electron chi connectivity index (χ0n) is 17.0. The summed E-state index contributed by atoms with van der Waals surface area (Å²) in [6.07, 6.45) is 5.07. The molecule has 6 atom stereocenters.